The molecular formula is C30H25N5O5S. The van der Waals surface area contributed by atoms with Crippen LogP contribution < -0.4 is 14.8 Å². The predicted octanol–water partition coefficient (Wildman–Crippen LogP) is 6.40. The summed E-state index contributed by atoms with van der Waals surface area (Å²) in [4.78, 5) is 23.4. The first-order chi connectivity index (χ1) is 20.0. The van der Waals surface area contributed by atoms with Gasteiger partial charge in [0.15, 0.2) is 11.0 Å². The molecular weight excluding hydrogens is 542 g/mol. The van der Waals surface area contributed by atoms with E-state index in [0.29, 0.717) is 45.0 Å². The summed E-state index contributed by atoms with van der Waals surface area (Å²) >= 11 is 1.47. The molecule has 5 rings (SSSR count). The quantitative estimate of drug-likeness (QED) is 0.117. The number of nitro benzene ring substituents is 1. The number of hydrogen-bond donors (Lipinski definition) is 1. The van der Waals surface area contributed by atoms with E-state index in [0.717, 1.165) is 11.3 Å². The van der Waals surface area contributed by atoms with E-state index in [2.05, 4.69) is 15.5 Å². The van der Waals surface area contributed by atoms with Gasteiger partial charge >= 0.3 is 0 Å². The van der Waals surface area contributed by atoms with Crippen molar-refractivity contribution in [3.8, 4) is 28.6 Å². The summed E-state index contributed by atoms with van der Waals surface area (Å²) < 4.78 is 12.6. The smallest absolute Gasteiger partial charge is 0.269 e. The lowest BCUT2D eigenvalue weighted by Gasteiger charge is -2.14. The van der Waals surface area contributed by atoms with Crippen molar-refractivity contribution >= 4 is 29.0 Å². The van der Waals surface area contributed by atoms with Gasteiger partial charge in [0.05, 0.1) is 24.8 Å². The van der Waals surface area contributed by atoms with Crippen LogP contribution in [0.25, 0.3) is 17.1 Å². The maximum Gasteiger partial charge on any atom is 0.269 e. The van der Waals surface area contributed by atoms with E-state index in [1.807, 2.05) is 41.0 Å². The van der Waals surface area contributed by atoms with E-state index in [1.54, 1.807) is 62.8 Å². The van der Waals surface area contributed by atoms with Crippen molar-refractivity contribution < 1.29 is 19.2 Å². The highest BCUT2D eigenvalue weighted by molar-refractivity contribution is 7.98. The molecule has 206 valence electrons. The Bertz CT molecular complexity index is 1670. The van der Waals surface area contributed by atoms with Crippen molar-refractivity contribution in [3.05, 3.63) is 118 Å². The number of para-hydroxylation sites is 2. The molecule has 0 aliphatic carbocycles. The van der Waals surface area contributed by atoms with Crippen LogP contribution in [0.1, 0.15) is 15.9 Å². The molecule has 0 bridgehead atoms. The van der Waals surface area contributed by atoms with E-state index in [9.17, 15) is 14.9 Å². The number of thioether (sulfide) groups is 1. The fraction of sp³-hybridized carbons (Fsp3) is 0.100. The SMILES string of the molecule is COc1ccc(NC(=O)c2ccc(CSc3nnc(-c4ccc([N+](=O)[O-])cc4)n3-c3ccccc3OC)cc2)cc1. The topological polar surface area (TPSA) is 121 Å². The van der Waals surface area contributed by atoms with E-state index in [1.165, 1.54) is 23.9 Å². The van der Waals surface area contributed by atoms with Crippen molar-refractivity contribution in [1.82, 2.24) is 14.8 Å². The molecule has 5 aromatic rings. The van der Waals surface area contributed by atoms with Gasteiger partial charge in [-0.3, -0.25) is 19.5 Å². The van der Waals surface area contributed by atoms with Crippen LogP contribution in [0.3, 0.4) is 0 Å². The number of carbonyl (C=O) groups excluding carboxylic acids is 1. The van der Waals surface area contributed by atoms with Crippen LogP contribution in [-0.4, -0.2) is 39.8 Å². The Morgan fingerprint density at radius 1 is 0.902 bits per heavy atom. The number of carbonyl (C=O) groups is 1. The third kappa shape index (κ3) is 6.20. The van der Waals surface area contributed by atoms with Gasteiger partial charge in [-0.05, 0) is 66.2 Å². The summed E-state index contributed by atoms with van der Waals surface area (Å²) in [6.07, 6.45) is 0. The van der Waals surface area contributed by atoms with Gasteiger partial charge in [0.2, 0.25) is 0 Å². The first kappa shape index (κ1) is 27.4. The molecule has 1 amide bonds. The normalized spacial score (nSPS) is 10.7. The largest absolute Gasteiger partial charge is 0.497 e. The molecule has 0 fully saturated rings. The van der Waals surface area contributed by atoms with Gasteiger partial charge in [0.25, 0.3) is 11.6 Å². The monoisotopic (exact) mass is 567 g/mol. The van der Waals surface area contributed by atoms with E-state index < -0.39 is 4.92 Å². The number of ether oxygens (including phenoxy) is 2. The second kappa shape index (κ2) is 12.3. The summed E-state index contributed by atoms with van der Waals surface area (Å²) in [5.74, 6) is 2.22. The zero-order valence-corrected chi connectivity index (χ0v) is 23.0. The number of nitrogens with zero attached hydrogens (tertiary/aromatic N) is 4. The molecule has 4 aromatic carbocycles. The van der Waals surface area contributed by atoms with Crippen LogP contribution in [-0.2, 0) is 5.75 Å². The number of methoxy groups -OCH3 is 2. The third-order valence-electron chi connectivity index (χ3n) is 6.23. The number of anilines is 1. The number of hydrogen-bond acceptors (Lipinski definition) is 8. The second-order valence-electron chi connectivity index (χ2n) is 8.79. The molecule has 0 atom stereocenters. The standard InChI is InChI=1S/C30H25N5O5S/c1-39-25-17-13-23(14-18-25)31-29(36)22-9-7-20(8-10-22)19-41-30-33-32-28(21-11-15-24(16-12-21)35(37)38)34(30)26-5-3-4-6-27(26)40-2/h3-18H,19H2,1-2H3,(H,31,36). The minimum atomic E-state index is -0.440. The summed E-state index contributed by atoms with van der Waals surface area (Å²) in [6, 6.07) is 28.2. The number of amides is 1. The van der Waals surface area contributed by atoms with Gasteiger partial charge in [-0.1, -0.05) is 36.0 Å². The lowest BCUT2D eigenvalue weighted by atomic mass is 10.1. The molecule has 0 saturated heterocycles. The molecule has 11 heteroatoms. The molecule has 41 heavy (non-hydrogen) atoms. The number of non-ortho nitro benzene ring substituents is 1. The highest BCUT2D eigenvalue weighted by atomic mass is 32.2. The van der Waals surface area contributed by atoms with Crippen molar-refractivity contribution in [1.29, 1.82) is 0 Å². The number of aromatic nitrogens is 3. The Kier molecular flexibility index (Phi) is 8.26. The molecule has 0 saturated carbocycles. The van der Waals surface area contributed by atoms with Gasteiger partial charge in [-0.2, -0.15) is 0 Å². The molecule has 0 aliphatic heterocycles. The first-order valence-corrected chi connectivity index (χ1v) is 13.5. The van der Waals surface area contributed by atoms with Crippen molar-refractivity contribution in [3.63, 3.8) is 0 Å². The molecule has 0 radical (unpaired) electrons. The minimum absolute atomic E-state index is 0.00664. The van der Waals surface area contributed by atoms with Crippen LogP contribution >= 0.6 is 11.8 Å². The zero-order valence-electron chi connectivity index (χ0n) is 22.2. The predicted molar refractivity (Wildman–Crippen MR) is 157 cm³/mol. The Morgan fingerprint density at radius 2 is 1.61 bits per heavy atom. The highest BCUT2D eigenvalue weighted by Crippen LogP contribution is 2.34. The number of rotatable bonds is 10. The van der Waals surface area contributed by atoms with Crippen molar-refractivity contribution in [2.45, 2.75) is 10.9 Å². The summed E-state index contributed by atoms with van der Waals surface area (Å²) in [7, 11) is 3.18. The molecule has 1 N–H and O–H groups in total. The Balaban J connectivity index is 1.36. The van der Waals surface area contributed by atoms with Crippen LogP contribution in [0.15, 0.2) is 102 Å². The molecule has 1 aromatic heterocycles. The van der Waals surface area contributed by atoms with Gasteiger partial charge in [0, 0.05) is 34.7 Å². The van der Waals surface area contributed by atoms with Crippen LogP contribution in [0, 0.1) is 10.1 Å². The highest BCUT2D eigenvalue weighted by Gasteiger charge is 2.20. The zero-order chi connectivity index (χ0) is 28.8. The van der Waals surface area contributed by atoms with Crippen LogP contribution in [0.2, 0.25) is 0 Å². The molecule has 10 nitrogen and oxygen atoms in total. The van der Waals surface area contributed by atoms with Crippen molar-refractivity contribution in [2.24, 2.45) is 0 Å². The number of benzene rings is 4. The maximum atomic E-state index is 12.7. The van der Waals surface area contributed by atoms with Gasteiger partial charge in [-0.25, -0.2) is 0 Å². The first-order valence-electron chi connectivity index (χ1n) is 12.5. The molecule has 0 unspecified atom stereocenters. The summed E-state index contributed by atoms with van der Waals surface area (Å²) in [6.45, 7) is 0. The Labute approximate surface area is 240 Å². The van der Waals surface area contributed by atoms with E-state index in [4.69, 9.17) is 9.47 Å². The fourth-order valence-corrected chi connectivity index (χ4v) is 4.99. The van der Waals surface area contributed by atoms with Crippen molar-refractivity contribution in [2.75, 3.05) is 19.5 Å². The van der Waals surface area contributed by atoms with Gasteiger partial charge in [0.1, 0.15) is 11.5 Å². The van der Waals surface area contributed by atoms with Crippen LogP contribution in [0.5, 0.6) is 11.5 Å². The Morgan fingerprint density at radius 3 is 2.27 bits per heavy atom. The van der Waals surface area contributed by atoms with Gasteiger partial charge < -0.3 is 14.8 Å². The minimum Gasteiger partial charge on any atom is -0.497 e. The molecule has 0 aliphatic rings. The number of nitrogens with one attached hydrogen (secondary N) is 1. The number of nitro groups is 1. The van der Waals surface area contributed by atoms with Gasteiger partial charge in [-0.15, -0.1) is 10.2 Å². The average Bonchev–Trinajstić information content (AvgIpc) is 3.44. The molecule has 0 spiro atoms. The second-order valence-corrected chi connectivity index (χ2v) is 9.73. The Hall–Kier alpha value is -5.16. The summed E-state index contributed by atoms with van der Waals surface area (Å²) in [5.41, 5.74) is 3.60. The summed E-state index contributed by atoms with van der Waals surface area (Å²) in [5, 5.41) is 23.5. The lowest BCUT2D eigenvalue weighted by molar-refractivity contribution is -0.384. The lowest BCUT2D eigenvalue weighted by Crippen LogP contribution is -2.11. The third-order valence-corrected chi connectivity index (χ3v) is 7.23. The van der Waals surface area contributed by atoms with E-state index >= 15 is 0 Å². The fourth-order valence-electron chi connectivity index (χ4n) is 4.09. The van der Waals surface area contributed by atoms with E-state index in [-0.39, 0.29) is 11.6 Å². The molecule has 1 heterocycles. The maximum absolute atomic E-state index is 12.7. The van der Waals surface area contributed by atoms with Crippen LogP contribution in [0.4, 0.5) is 11.4 Å². The average molecular weight is 568 g/mol.